The molecular formula is C16H13BrClNO. The highest BCUT2D eigenvalue weighted by Crippen LogP contribution is 2.34. The van der Waals surface area contributed by atoms with Crippen molar-refractivity contribution >= 4 is 38.5 Å². The molecule has 4 heteroatoms. The summed E-state index contributed by atoms with van der Waals surface area (Å²) >= 11 is 9.80. The first-order valence-corrected chi connectivity index (χ1v) is 7.47. The minimum Gasteiger partial charge on any atom is -0.458 e. The molecule has 102 valence electrons. The number of hydrogen-bond donors (Lipinski definition) is 1. The number of rotatable bonds is 3. The van der Waals surface area contributed by atoms with E-state index in [1.54, 1.807) is 0 Å². The van der Waals surface area contributed by atoms with Crippen LogP contribution in [0.2, 0.25) is 5.02 Å². The van der Waals surface area contributed by atoms with Gasteiger partial charge in [-0.1, -0.05) is 41.9 Å². The van der Waals surface area contributed by atoms with Gasteiger partial charge in [-0.05, 0) is 46.7 Å². The van der Waals surface area contributed by atoms with Gasteiger partial charge in [0.05, 0.1) is 10.5 Å². The van der Waals surface area contributed by atoms with Crippen molar-refractivity contribution in [3.63, 3.8) is 0 Å². The minimum atomic E-state index is -0.0667. The normalized spacial score (nSPS) is 12.8. The largest absolute Gasteiger partial charge is 0.458 e. The molecule has 3 aromatic rings. The molecule has 0 radical (unpaired) electrons. The summed E-state index contributed by atoms with van der Waals surface area (Å²) in [6, 6.07) is 15.8. The molecule has 0 saturated carbocycles. The highest BCUT2D eigenvalue weighted by molar-refractivity contribution is 9.10. The summed E-state index contributed by atoms with van der Waals surface area (Å²) < 4.78 is 6.95. The van der Waals surface area contributed by atoms with Crippen LogP contribution in [-0.4, -0.2) is 7.05 Å². The van der Waals surface area contributed by atoms with Crippen molar-refractivity contribution in [3.8, 4) is 0 Å². The molecule has 0 aliphatic rings. The molecule has 0 spiro atoms. The Kier molecular flexibility index (Phi) is 3.83. The molecular weight excluding hydrogens is 338 g/mol. The first-order chi connectivity index (χ1) is 9.70. The van der Waals surface area contributed by atoms with Gasteiger partial charge < -0.3 is 9.73 Å². The van der Waals surface area contributed by atoms with Crippen molar-refractivity contribution in [2.45, 2.75) is 6.04 Å². The molecule has 2 nitrogen and oxygen atoms in total. The zero-order chi connectivity index (χ0) is 14.1. The zero-order valence-electron chi connectivity index (χ0n) is 10.9. The molecule has 1 unspecified atom stereocenters. The lowest BCUT2D eigenvalue weighted by molar-refractivity contribution is 0.491. The molecule has 2 aromatic carbocycles. The molecule has 20 heavy (non-hydrogen) atoms. The molecule has 0 fully saturated rings. The number of hydrogen-bond acceptors (Lipinski definition) is 2. The fraction of sp³-hybridized carbons (Fsp3) is 0.125. The summed E-state index contributed by atoms with van der Waals surface area (Å²) in [7, 11) is 1.90. The van der Waals surface area contributed by atoms with E-state index in [4.69, 9.17) is 16.0 Å². The fourth-order valence-electron chi connectivity index (χ4n) is 2.35. The number of nitrogens with one attached hydrogen (secondary N) is 1. The van der Waals surface area contributed by atoms with Crippen LogP contribution in [0.15, 0.2) is 57.4 Å². The van der Waals surface area contributed by atoms with Gasteiger partial charge in [0.25, 0.3) is 0 Å². The summed E-state index contributed by atoms with van der Waals surface area (Å²) in [5.74, 6) is 0.850. The Labute approximate surface area is 130 Å². The van der Waals surface area contributed by atoms with E-state index >= 15 is 0 Å². The molecule has 0 aliphatic heterocycles. The van der Waals surface area contributed by atoms with Gasteiger partial charge in [0, 0.05) is 10.4 Å². The Morgan fingerprint density at radius 3 is 2.65 bits per heavy atom. The maximum Gasteiger partial charge on any atom is 0.148 e. The van der Waals surface area contributed by atoms with Crippen LogP contribution < -0.4 is 5.32 Å². The number of furan rings is 1. The second-order valence-electron chi connectivity index (χ2n) is 4.55. The van der Waals surface area contributed by atoms with Gasteiger partial charge >= 0.3 is 0 Å². The molecule has 0 bridgehead atoms. The number of para-hydroxylation sites is 1. The SMILES string of the molecule is CNC(c1cc2cccc(Br)c2o1)c1ccccc1Cl. The Morgan fingerprint density at radius 1 is 1.15 bits per heavy atom. The van der Waals surface area contributed by atoms with Gasteiger partial charge in [-0.2, -0.15) is 0 Å². The summed E-state index contributed by atoms with van der Waals surface area (Å²) in [5, 5.41) is 5.06. The monoisotopic (exact) mass is 349 g/mol. The molecule has 1 N–H and O–H groups in total. The third-order valence-electron chi connectivity index (χ3n) is 3.30. The van der Waals surface area contributed by atoms with Crippen LogP contribution in [-0.2, 0) is 0 Å². The van der Waals surface area contributed by atoms with Crippen molar-refractivity contribution in [1.82, 2.24) is 5.32 Å². The van der Waals surface area contributed by atoms with E-state index in [0.717, 1.165) is 31.8 Å². The first-order valence-electron chi connectivity index (χ1n) is 6.30. The smallest absolute Gasteiger partial charge is 0.148 e. The zero-order valence-corrected chi connectivity index (χ0v) is 13.2. The molecule has 1 aromatic heterocycles. The van der Waals surface area contributed by atoms with Crippen LogP contribution in [0.3, 0.4) is 0 Å². The summed E-state index contributed by atoms with van der Waals surface area (Å²) in [4.78, 5) is 0. The van der Waals surface area contributed by atoms with Gasteiger partial charge in [-0.3, -0.25) is 0 Å². The van der Waals surface area contributed by atoms with Crippen LogP contribution in [0.5, 0.6) is 0 Å². The van der Waals surface area contributed by atoms with Crippen molar-refractivity contribution < 1.29 is 4.42 Å². The maximum atomic E-state index is 6.29. The number of fused-ring (bicyclic) bond motifs is 1. The predicted octanol–water partition coefficient (Wildman–Crippen LogP) is 5.16. The third kappa shape index (κ3) is 2.37. The van der Waals surface area contributed by atoms with E-state index in [2.05, 4.69) is 21.2 Å². The first kappa shape index (κ1) is 13.7. The third-order valence-corrected chi connectivity index (χ3v) is 4.27. The van der Waals surface area contributed by atoms with E-state index in [-0.39, 0.29) is 6.04 Å². The highest BCUT2D eigenvalue weighted by atomic mass is 79.9. The lowest BCUT2D eigenvalue weighted by Gasteiger charge is -2.15. The van der Waals surface area contributed by atoms with Gasteiger partial charge in [-0.25, -0.2) is 0 Å². The summed E-state index contributed by atoms with van der Waals surface area (Å²) in [6.45, 7) is 0. The lowest BCUT2D eigenvalue weighted by Crippen LogP contribution is -2.17. The van der Waals surface area contributed by atoms with Crippen LogP contribution >= 0.6 is 27.5 Å². The number of halogens is 2. The molecule has 0 amide bonds. The van der Waals surface area contributed by atoms with Crippen LogP contribution in [0.4, 0.5) is 0 Å². The second-order valence-corrected chi connectivity index (χ2v) is 5.81. The van der Waals surface area contributed by atoms with E-state index < -0.39 is 0 Å². The van der Waals surface area contributed by atoms with Crippen LogP contribution in [0.1, 0.15) is 17.4 Å². The maximum absolute atomic E-state index is 6.29. The van der Waals surface area contributed by atoms with Crippen molar-refractivity contribution in [1.29, 1.82) is 0 Å². The van der Waals surface area contributed by atoms with E-state index in [0.29, 0.717) is 0 Å². The van der Waals surface area contributed by atoms with Crippen molar-refractivity contribution in [2.75, 3.05) is 7.05 Å². The predicted molar refractivity (Wildman–Crippen MR) is 86.3 cm³/mol. The van der Waals surface area contributed by atoms with Gasteiger partial charge in [0.2, 0.25) is 0 Å². The van der Waals surface area contributed by atoms with Crippen LogP contribution in [0, 0.1) is 0 Å². The average molecular weight is 351 g/mol. The van der Waals surface area contributed by atoms with Crippen molar-refractivity contribution in [2.24, 2.45) is 0 Å². The highest BCUT2D eigenvalue weighted by Gasteiger charge is 2.19. The number of benzene rings is 2. The molecule has 1 atom stereocenters. The topological polar surface area (TPSA) is 25.2 Å². The molecule has 0 aliphatic carbocycles. The second kappa shape index (κ2) is 5.60. The molecule has 3 rings (SSSR count). The fourth-order valence-corrected chi connectivity index (χ4v) is 3.06. The van der Waals surface area contributed by atoms with Gasteiger partial charge in [0.15, 0.2) is 0 Å². The Bertz CT molecular complexity index is 753. The Morgan fingerprint density at radius 2 is 1.95 bits per heavy atom. The van der Waals surface area contributed by atoms with Gasteiger partial charge in [-0.15, -0.1) is 0 Å². The standard InChI is InChI=1S/C16H13BrClNO/c1-19-15(11-6-2-3-8-13(11)18)14-9-10-5-4-7-12(17)16(10)20-14/h2-9,15,19H,1H3. The van der Waals surface area contributed by atoms with E-state index in [1.165, 1.54) is 0 Å². The molecule has 1 heterocycles. The average Bonchev–Trinajstić information content (AvgIpc) is 2.87. The molecule has 0 saturated heterocycles. The van der Waals surface area contributed by atoms with Gasteiger partial charge in [0.1, 0.15) is 11.3 Å². The quantitative estimate of drug-likeness (QED) is 0.706. The summed E-state index contributed by atoms with van der Waals surface area (Å²) in [6.07, 6.45) is 0. The lowest BCUT2D eigenvalue weighted by atomic mass is 10.0. The minimum absolute atomic E-state index is 0.0667. The Hall–Kier alpha value is -1.29. The van der Waals surface area contributed by atoms with Crippen molar-refractivity contribution in [3.05, 3.63) is 69.3 Å². The van der Waals surface area contributed by atoms with Crippen LogP contribution in [0.25, 0.3) is 11.0 Å². The summed E-state index contributed by atoms with van der Waals surface area (Å²) in [5.41, 5.74) is 1.86. The van der Waals surface area contributed by atoms with E-state index in [9.17, 15) is 0 Å². The van der Waals surface area contributed by atoms with E-state index in [1.807, 2.05) is 55.6 Å². The Balaban J connectivity index is 2.12.